The average Bonchev–Trinajstić information content (AvgIpc) is 3.06. The van der Waals surface area contributed by atoms with Crippen LogP contribution in [0.15, 0.2) is 48.5 Å². The van der Waals surface area contributed by atoms with E-state index in [2.05, 4.69) is 34.3 Å². The zero-order chi connectivity index (χ0) is 23.2. The third-order valence-corrected chi connectivity index (χ3v) is 6.40. The molecule has 2 aliphatic heterocycles. The minimum absolute atomic E-state index is 0.0115. The Bertz CT molecular complexity index is 962. The topological polar surface area (TPSA) is 73.0 Å². The Balaban J connectivity index is 1.13. The molecule has 3 amide bonds. The molecule has 1 saturated heterocycles. The molecule has 7 heteroatoms. The molecule has 1 fully saturated rings. The van der Waals surface area contributed by atoms with E-state index in [-0.39, 0.29) is 17.7 Å². The molecule has 1 N–H and O–H groups in total. The van der Waals surface area contributed by atoms with E-state index in [0.29, 0.717) is 30.5 Å². The number of carbonyl (C=O) groups is 3. The summed E-state index contributed by atoms with van der Waals surface area (Å²) >= 11 is 0. The molecule has 2 aromatic rings. The molecule has 0 saturated carbocycles. The van der Waals surface area contributed by atoms with Gasteiger partial charge in [0.2, 0.25) is 5.91 Å². The molecule has 2 aromatic carbocycles. The van der Waals surface area contributed by atoms with Crippen LogP contribution in [0.4, 0.5) is 5.69 Å². The quantitative estimate of drug-likeness (QED) is 0.471. The number of imide groups is 1. The second-order valence-electron chi connectivity index (χ2n) is 8.94. The first-order valence-corrected chi connectivity index (χ1v) is 11.8. The molecule has 0 atom stereocenters. The summed E-state index contributed by atoms with van der Waals surface area (Å²) in [5.74, 6) is -0.448. The molecule has 4 rings (SSSR count). The summed E-state index contributed by atoms with van der Waals surface area (Å²) in [5.41, 5.74) is 3.03. The SMILES string of the molecule is CN1CCN(Cc2ccc(NC(=O)CCCCCN3C(=O)c4ccccc4C3=O)cc2)CC1. The minimum atomic E-state index is -0.218. The van der Waals surface area contributed by atoms with Gasteiger partial charge in [-0.2, -0.15) is 0 Å². The Hall–Kier alpha value is -3.03. The first kappa shape index (κ1) is 23.1. The van der Waals surface area contributed by atoms with Gasteiger partial charge < -0.3 is 10.2 Å². The minimum Gasteiger partial charge on any atom is -0.326 e. The number of benzene rings is 2. The van der Waals surface area contributed by atoms with Gasteiger partial charge >= 0.3 is 0 Å². The molecule has 2 aliphatic rings. The lowest BCUT2D eigenvalue weighted by atomic mass is 10.1. The Labute approximate surface area is 195 Å². The van der Waals surface area contributed by atoms with E-state index in [9.17, 15) is 14.4 Å². The number of likely N-dealkylation sites (N-methyl/N-ethyl adjacent to an activating group) is 1. The first-order chi connectivity index (χ1) is 16.0. The molecule has 174 valence electrons. The molecular formula is C26H32N4O3. The van der Waals surface area contributed by atoms with Gasteiger partial charge in [0.05, 0.1) is 11.1 Å². The lowest BCUT2D eigenvalue weighted by molar-refractivity contribution is -0.116. The van der Waals surface area contributed by atoms with Crippen molar-refractivity contribution >= 4 is 23.4 Å². The van der Waals surface area contributed by atoms with Crippen LogP contribution in [0.2, 0.25) is 0 Å². The van der Waals surface area contributed by atoms with Crippen LogP contribution < -0.4 is 5.32 Å². The van der Waals surface area contributed by atoms with Crippen LogP contribution in [0.25, 0.3) is 0 Å². The summed E-state index contributed by atoms with van der Waals surface area (Å²) in [5, 5.41) is 2.96. The predicted molar refractivity (Wildman–Crippen MR) is 128 cm³/mol. The summed E-state index contributed by atoms with van der Waals surface area (Å²) in [6, 6.07) is 15.0. The normalized spacial score (nSPS) is 16.8. The fourth-order valence-corrected chi connectivity index (χ4v) is 4.36. The summed E-state index contributed by atoms with van der Waals surface area (Å²) in [7, 11) is 2.16. The van der Waals surface area contributed by atoms with E-state index < -0.39 is 0 Å². The van der Waals surface area contributed by atoms with E-state index in [1.807, 2.05) is 12.1 Å². The van der Waals surface area contributed by atoms with E-state index >= 15 is 0 Å². The second-order valence-corrected chi connectivity index (χ2v) is 8.94. The largest absolute Gasteiger partial charge is 0.326 e. The number of rotatable bonds is 9. The van der Waals surface area contributed by atoms with Gasteiger partial charge in [0.25, 0.3) is 11.8 Å². The molecule has 0 unspecified atom stereocenters. The number of unbranched alkanes of at least 4 members (excludes halogenated alkanes) is 2. The number of carbonyl (C=O) groups excluding carboxylic acids is 3. The summed E-state index contributed by atoms with van der Waals surface area (Å²) in [6.07, 6.45) is 2.62. The van der Waals surface area contributed by atoms with Crippen molar-refractivity contribution in [1.29, 1.82) is 0 Å². The Morgan fingerprint density at radius 2 is 1.48 bits per heavy atom. The number of hydrogen-bond donors (Lipinski definition) is 1. The fourth-order valence-electron chi connectivity index (χ4n) is 4.36. The van der Waals surface area contributed by atoms with E-state index in [1.54, 1.807) is 24.3 Å². The van der Waals surface area contributed by atoms with Crippen LogP contribution in [0.3, 0.4) is 0 Å². The van der Waals surface area contributed by atoms with Gasteiger partial charge in [-0.3, -0.25) is 24.2 Å². The van der Waals surface area contributed by atoms with Crippen molar-refractivity contribution in [2.45, 2.75) is 32.2 Å². The molecule has 0 aliphatic carbocycles. The van der Waals surface area contributed by atoms with Crippen molar-refractivity contribution in [3.63, 3.8) is 0 Å². The van der Waals surface area contributed by atoms with Crippen LogP contribution in [0, 0.1) is 0 Å². The standard InChI is InChI=1S/C26H32N4O3/c1-28-15-17-29(18-16-28)19-20-10-12-21(13-11-20)27-24(31)9-3-2-6-14-30-25(32)22-7-4-5-8-23(22)26(30)33/h4-5,7-8,10-13H,2-3,6,9,14-19H2,1H3,(H,27,31). The maximum Gasteiger partial charge on any atom is 0.261 e. The Morgan fingerprint density at radius 1 is 0.848 bits per heavy atom. The van der Waals surface area contributed by atoms with Gasteiger partial charge in [0.15, 0.2) is 0 Å². The third-order valence-electron chi connectivity index (χ3n) is 6.40. The number of piperazine rings is 1. The molecule has 0 spiro atoms. The third kappa shape index (κ3) is 5.86. The zero-order valence-corrected chi connectivity index (χ0v) is 19.3. The number of nitrogens with zero attached hydrogens (tertiary/aromatic N) is 3. The molecule has 2 heterocycles. The number of anilines is 1. The maximum absolute atomic E-state index is 12.4. The van der Waals surface area contributed by atoms with Gasteiger partial charge in [0, 0.05) is 51.4 Å². The molecule has 0 radical (unpaired) electrons. The fraction of sp³-hybridized carbons (Fsp3) is 0.423. The predicted octanol–water partition coefficient (Wildman–Crippen LogP) is 3.23. The Kier molecular flexibility index (Phi) is 7.52. The van der Waals surface area contributed by atoms with Crippen LogP contribution in [-0.4, -0.2) is 72.2 Å². The zero-order valence-electron chi connectivity index (χ0n) is 19.3. The van der Waals surface area contributed by atoms with Gasteiger partial charge in [-0.05, 0) is 49.7 Å². The molecule has 0 bridgehead atoms. The van der Waals surface area contributed by atoms with Crippen LogP contribution in [0.5, 0.6) is 0 Å². The molecular weight excluding hydrogens is 416 g/mol. The first-order valence-electron chi connectivity index (χ1n) is 11.8. The Morgan fingerprint density at radius 3 is 2.12 bits per heavy atom. The van der Waals surface area contributed by atoms with Crippen molar-refractivity contribution < 1.29 is 14.4 Å². The van der Waals surface area contributed by atoms with E-state index in [4.69, 9.17) is 0 Å². The molecule has 0 aromatic heterocycles. The van der Waals surface area contributed by atoms with Gasteiger partial charge in [-0.1, -0.05) is 30.7 Å². The lowest BCUT2D eigenvalue weighted by Gasteiger charge is -2.32. The highest BCUT2D eigenvalue weighted by Gasteiger charge is 2.34. The summed E-state index contributed by atoms with van der Waals surface area (Å²) < 4.78 is 0. The smallest absolute Gasteiger partial charge is 0.261 e. The van der Waals surface area contributed by atoms with Crippen molar-refractivity contribution in [2.24, 2.45) is 0 Å². The van der Waals surface area contributed by atoms with Crippen molar-refractivity contribution in [3.05, 3.63) is 65.2 Å². The number of hydrogen-bond acceptors (Lipinski definition) is 5. The number of nitrogens with one attached hydrogen (secondary N) is 1. The molecule has 33 heavy (non-hydrogen) atoms. The maximum atomic E-state index is 12.4. The number of fused-ring (bicyclic) bond motifs is 1. The summed E-state index contributed by atoms with van der Waals surface area (Å²) in [6.45, 7) is 5.71. The van der Waals surface area contributed by atoms with E-state index in [1.165, 1.54) is 10.5 Å². The van der Waals surface area contributed by atoms with Crippen molar-refractivity contribution in [3.8, 4) is 0 Å². The second kappa shape index (κ2) is 10.7. The highest BCUT2D eigenvalue weighted by molar-refractivity contribution is 6.21. The van der Waals surface area contributed by atoms with Crippen LogP contribution >= 0.6 is 0 Å². The van der Waals surface area contributed by atoms with Gasteiger partial charge in [-0.15, -0.1) is 0 Å². The highest BCUT2D eigenvalue weighted by Crippen LogP contribution is 2.23. The van der Waals surface area contributed by atoms with Gasteiger partial charge in [0.1, 0.15) is 0 Å². The van der Waals surface area contributed by atoms with Crippen LogP contribution in [0.1, 0.15) is 52.0 Å². The van der Waals surface area contributed by atoms with Crippen molar-refractivity contribution in [2.75, 3.05) is 45.1 Å². The average molecular weight is 449 g/mol. The van der Waals surface area contributed by atoms with E-state index in [0.717, 1.165) is 51.3 Å². The van der Waals surface area contributed by atoms with Crippen LogP contribution in [-0.2, 0) is 11.3 Å². The summed E-state index contributed by atoms with van der Waals surface area (Å²) in [4.78, 5) is 43.1. The monoisotopic (exact) mass is 448 g/mol. The van der Waals surface area contributed by atoms with Gasteiger partial charge in [-0.25, -0.2) is 0 Å². The number of amides is 3. The molecule has 7 nitrogen and oxygen atoms in total. The van der Waals surface area contributed by atoms with Crippen molar-refractivity contribution in [1.82, 2.24) is 14.7 Å². The highest BCUT2D eigenvalue weighted by atomic mass is 16.2. The lowest BCUT2D eigenvalue weighted by Crippen LogP contribution is -2.43.